The van der Waals surface area contributed by atoms with E-state index in [4.69, 9.17) is 4.74 Å². The number of nitrogens with one attached hydrogen (secondary N) is 3. The maximum Gasteiger partial charge on any atom is 0.270 e. The third kappa shape index (κ3) is 8.67. The van der Waals surface area contributed by atoms with Gasteiger partial charge >= 0.3 is 0 Å². The summed E-state index contributed by atoms with van der Waals surface area (Å²) in [7, 11) is 2.01. The van der Waals surface area contributed by atoms with Crippen molar-refractivity contribution in [2.45, 2.75) is 97.0 Å². The van der Waals surface area contributed by atoms with Gasteiger partial charge in [-0.1, -0.05) is 13.0 Å². The van der Waals surface area contributed by atoms with Gasteiger partial charge in [-0.2, -0.15) is 5.10 Å². The van der Waals surface area contributed by atoms with E-state index in [2.05, 4.69) is 25.9 Å². The quantitative estimate of drug-likeness (QED) is 0.262. The number of carbonyl (C=O) groups excluding carboxylic acids is 4. The highest BCUT2D eigenvalue weighted by Crippen LogP contribution is 2.51. The van der Waals surface area contributed by atoms with Crippen LogP contribution in [0.1, 0.15) is 82.3 Å². The number of anilines is 1. The average Bonchev–Trinajstić information content (AvgIpc) is 4.03. The molecule has 3 fully saturated rings. The number of likely N-dealkylation sites (N-methyl/N-ethyl adjacent to an activating group) is 1. The molecule has 5 atom stereocenters. The number of piperazine rings is 1. The molecule has 2 aliphatic carbocycles. The molecule has 4 amide bonds. The zero-order valence-corrected chi connectivity index (χ0v) is 29.6. The Kier molecular flexibility index (Phi) is 11.7. The number of halogens is 1. The van der Waals surface area contributed by atoms with E-state index in [0.717, 1.165) is 25.7 Å². The summed E-state index contributed by atoms with van der Waals surface area (Å²) in [5.41, 5.74) is 0.842. The molecule has 13 heteroatoms. The van der Waals surface area contributed by atoms with E-state index >= 15 is 4.39 Å². The monoisotopic (exact) mass is 681 g/mol. The maximum atomic E-state index is 15.8. The zero-order valence-electron chi connectivity index (χ0n) is 29.6. The van der Waals surface area contributed by atoms with E-state index in [1.807, 2.05) is 20.9 Å². The second-order valence-electron chi connectivity index (χ2n) is 14.0. The summed E-state index contributed by atoms with van der Waals surface area (Å²) < 4.78 is 22.9. The predicted molar refractivity (Wildman–Crippen MR) is 183 cm³/mol. The van der Waals surface area contributed by atoms with Gasteiger partial charge in [0.25, 0.3) is 5.91 Å². The molecule has 1 aromatic heterocycles. The van der Waals surface area contributed by atoms with Crippen LogP contribution in [0.4, 0.5) is 10.1 Å². The molecule has 1 saturated heterocycles. The molecule has 3 N–H and O–H groups in total. The van der Waals surface area contributed by atoms with Crippen LogP contribution < -0.4 is 16.0 Å². The van der Waals surface area contributed by atoms with Crippen molar-refractivity contribution in [1.29, 1.82) is 0 Å². The SMILES string of the molecule is CCO[C@H](C)C(=O)N[C@@H](C(=O)N1CCN(C)[C@H](C)C1)[C@@H](C)c1ccc(NC(=O)[C@@H](NC(=O)c2ccnn2CC)C(C2CC2)C2CC2)c(F)c1. The lowest BCUT2D eigenvalue weighted by molar-refractivity contribution is -0.142. The molecule has 0 radical (unpaired) electrons. The normalized spacial score (nSPS) is 20.7. The van der Waals surface area contributed by atoms with Gasteiger partial charge in [0, 0.05) is 50.9 Å². The van der Waals surface area contributed by atoms with Crippen LogP contribution in [0, 0.1) is 23.6 Å². The highest BCUT2D eigenvalue weighted by molar-refractivity contribution is 6.01. The number of benzene rings is 1. The number of carbonyl (C=O) groups is 4. The Balaban J connectivity index is 1.35. The maximum absolute atomic E-state index is 15.8. The summed E-state index contributed by atoms with van der Waals surface area (Å²) in [4.78, 5) is 58.1. The fraction of sp³-hybridized carbons (Fsp3) is 0.639. The first-order chi connectivity index (χ1) is 23.4. The molecule has 49 heavy (non-hydrogen) atoms. The fourth-order valence-electron chi connectivity index (χ4n) is 6.98. The molecule has 12 nitrogen and oxygen atoms in total. The van der Waals surface area contributed by atoms with Gasteiger partial charge in [-0.3, -0.25) is 23.9 Å². The van der Waals surface area contributed by atoms with Crippen molar-refractivity contribution in [3.05, 3.63) is 47.5 Å². The molecular formula is C36H52FN7O5. The number of amides is 4. The number of hydrogen-bond acceptors (Lipinski definition) is 7. The van der Waals surface area contributed by atoms with Gasteiger partial charge in [0.1, 0.15) is 29.7 Å². The van der Waals surface area contributed by atoms with E-state index in [0.29, 0.717) is 55.9 Å². The molecule has 2 aromatic rings. The van der Waals surface area contributed by atoms with Crippen LogP contribution in [0.5, 0.6) is 0 Å². The van der Waals surface area contributed by atoms with Crippen molar-refractivity contribution in [3.8, 4) is 0 Å². The Morgan fingerprint density at radius 3 is 2.27 bits per heavy atom. The number of rotatable bonds is 15. The number of ether oxygens (including phenoxy) is 1. The Morgan fingerprint density at radius 1 is 0.980 bits per heavy atom. The van der Waals surface area contributed by atoms with Crippen molar-refractivity contribution in [2.24, 2.45) is 17.8 Å². The lowest BCUT2D eigenvalue weighted by Crippen LogP contribution is -2.58. The van der Waals surface area contributed by atoms with Crippen LogP contribution >= 0.6 is 0 Å². The third-order valence-corrected chi connectivity index (χ3v) is 10.4. The van der Waals surface area contributed by atoms with Gasteiger partial charge in [0.05, 0.1) is 5.69 Å². The molecule has 1 aliphatic heterocycles. The Hall–Kier alpha value is -3.84. The summed E-state index contributed by atoms with van der Waals surface area (Å²) in [6.07, 6.45) is 4.80. The van der Waals surface area contributed by atoms with Gasteiger partial charge in [-0.25, -0.2) is 4.39 Å². The van der Waals surface area contributed by atoms with Gasteiger partial charge in [0.15, 0.2) is 0 Å². The second-order valence-corrected chi connectivity index (χ2v) is 14.0. The second kappa shape index (κ2) is 15.8. The van der Waals surface area contributed by atoms with Crippen LogP contribution in [0.25, 0.3) is 0 Å². The predicted octanol–water partition coefficient (Wildman–Crippen LogP) is 3.39. The number of aromatic nitrogens is 2. The van der Waals surface area contributed by atoms with E-state index in [-0.39, 0.29) is 29.5 Å². The summed E-state index contributed by atoms with van der Waals surface area (Å²) in [5, 5.41) is 12.8. The molecule has 3 aliphatic rings. The van der Waals surface area contributed by atoms with Gasteiger partial charge in [-0.05, 0) is 102 Å². The van der Waals surface area contributed by atoms with E-state index in [1.165, 1.54) is 12.1 Å². The van der Waals surface area contributed by atoms with Crippen LogP contribution in [0.2, 0.25) is 0 Å². The minimum absolute atomic E-state index is 0.0195. The first-order valence-electron chi connectivity index (χ1n) is 17.8. The van der Waals surface area contributed by atoms with E-state index in [1.54, 1.807) is 48.7 Å². The van der Waals surface area contributed by atoms with Crippen LogP contribution in [0.3, 0.4) is 0 Å². The molecule has 0 unspecified atom stereocenters. The van der Waals surface area contributed by atoms with Crippen molar-refractivity contribution >= 4 is 29.3 Å². The third-order valence-electron chi connectivity index (χ3n) is 10.4. The van der Waals surface area contributed by atoms with E-state index in [9.17, 15) is 19.2 Å². The van der Waals surface area contributed by atoms with Gasteiger partial charge in [-0.15, -0.1) is 0 Å². The lowest BCUT2D eigenvalue weighted by atomic mass is 9.88. The first kappa shape index (κ1) is 36.4. The molecule has 268 valence electrons. The summed E-state index contributed by atoms with van der Waals surface area (Å²) in [6, 6.07) is 4.44. The standard InChI is InChI=1S/C36H52FN7O5/c1-7-44-29(15-16-38-44)34(46)41-32(30(24-9-10-24)25-11-12-25)35(47)39-28-14-13-26(19-27(28)37)22(4)31(40-33(45)23(5)49-8-2)36(48)43-18-17-42(6)21(3)20-43/h13-16,19,21-25,30-32H,7-12,17-18,20H2,1-6H3,(H,39,47)(H,40,45)(H,41,46)/t21-,22+,23-,31-,32+/m1/s1. The molecular weight excluding hydrogens is 629 g/mol. The molecule has 5 rings (SSSR count). The molecule has 0 bridgehead atoms. The van der Waals surface area contributed by atoms with Gasteiger partial charge in [0.2, 0.25) is 17.7 Å². The van der Waals surface area contributed by atoms with Crippen molar-refractivity contribution < 1.29 is 28.3 Å². The van der Waals surface area contributed by atoms with Crippen molar-refractivity contribution in [1.82, 2.24) is 30.2 Å². The van der Waals surface area contributed by atoms with Crippen LogP contribution in [-0.2, 0) is 25.7 Å². The van der Waals surface area contributed by atoms with Crippen molar-refractivity contribution in [3.63, 3.8) is 0 Å². The lowest BCUT2D eigenvalue weighted by Gasteiger charge is -2.40. The number of aryl methyl sites for hydroxylation is 1. The number of nitrogens with zero attached hydrogens (tertiary/aromatic N) is 4. The zero-order chi connectivity index (χ0) is 35.4. The summed E-state index contributed by atoms with van der Waals surface area (Å²) in [6.45, 7) is 11.7. The summed E-state index contributed by atoms with van der Waals surface area (Å²) >= 11 is 0. The Labute approximate surface area is 288 Å². The molecule has 1 aromatic carbocycles. The summed E-state index contributed by atoms with van der Waals surface area (Å²) in [5.74, 6) is -2.13. The molecule has 0 spiro atoms. The minimum atomic E-state index is -0.958. The molecule has 2 saturated carbocycles. The van der Waals surface area contributed by atoms with Gasteiger partial charge < -0.3 is 30.5 Å². The first-order valence-corrected chi connectivity index (χ1v) is 17.8. The van der Waals surface area contributed by atoms with E-state index < -0.39 is 41.7 Å². The Bertz CT molecular complexity index is 1500. The van der Waals surface area contributed by atoms with Crippen LogP contribution in [-0.4, -0.2) is 101 Å². The molecule has 2 heterocycles. The minimum Gasteiger partial charge on any atom is -0.369 e. The highest BCUT2D eigenvalue weighted by atomic mass is 19.1. The fourth-order valence-corrected chi connectivity index (χ4v) is 6.98. The highest BCUT2D eigenvalue weighted by Gasteiger charge is 2.48. The Morgan fingerprint density at radius 2 is 1.67 bits per heavy atom. The number of hydrogen-bond donors (Lipinski definition) is 3. The van der Waals surface area contributed by atoms with Crippen molar-refractivity contribution in [2.75, 3.05) is 38.6 Å². The van der Waals surface area contributed by atoms with Crippen LogP contribution in [0.15, 0.2) is 30.5 Å². The average molecular weight is 682 g/mol. The largest absolute Gasteiger partial charge is 0.369 e. The smallest absolute Gasteiger partial charge is 0.270 e. The topological polar surface area (TPSA) is 138 Å².